The van der Waals surface area contributed by atoms with Crippen LogP contribution in [0.2, 0.25) is 0 Å². The van der Waals surface area contributed by atoms with E-state index in [0.717, 1.165) is 16.8 Å². The number of carbonyl (C=O) groups excluding carboxylic acids is 1. The van der Waals surface area contributed by atoms with Gasteiger partial charge in [0.05, 0.1) is 17.0 Å². The van der Waals surface area contributed by atoms with Gasteiger partial charge in [-0.25, -0.2) is 9.78 Å². The highest BCUT2D eigenvalue weighted by atomic mass is 32.1. The van der Waals surface area contributed by atoms with E-state index in [4.69, 9.17) is 4.74 Å². The van der Waals surface area contributed by atoms with Crippen molar-refractivity contribution in [1.82, 2.24) is 9.38 Å². The van der Waals surface area contributed by atoms with Gasteiger partial charge in [-0.1, -0.05) is 48.0 Å². The average Bonchev–Trinajstić information content (AvgIpc) is 3.12. The van der Waals surface area contributed by atoms with Gasteiger partial charge < -0.3 is 4.74 Å². The number of aryl methyl sites for hydroxylation is 1. The van der Waals surface area contributed by atoms with Crippen molar-refractivity contribution < 1.29 is 9.53 Å². The van der Waals surface area contributed by atoms with Gasteiger partial charge in [-0.2, -0.15) is 0 Å². The lowest BCUT2D eigenvalue weighted by molar-refractivity contribution is 0.0468. The van der Waals surface area contributed by atoms with Crippen LogP contribution in [0.15, 0.2) is 70.8 Å². The van der Waals surface area contributed by atoms with Crippen LogP contribution in [-0.4, -0.2) is 15.4 Å². The highest BCUT2D eigenvalue weighted by Gasteiger charge is 2.12. The van der Waals surface area contributed by atoms with Crippen LogP contribution in [0.5, 0.6) is 0 Å². The van der Waals surface area contributed by atoms with Crippen LogP contribution in [0.4, 0.5) is 0 Å². The van der Waals surface area contributed by atoms with Crippen LogP contribution < -0.4 is 5.56 Å². The van der Waals surface area contributed by atoms with Gasteiger partial charge in [0.2, 0.25) is 0 Å². The third kappa shape index (κ3) is 3.52. The molecule has 5 nitrogen and oxygen atoms in total. The Morgan fingerprint density at radius 2 is 1.85 bits per heavy atom. The second-order valence-corrected chi connectivity index (χ2v) is 6.97. The van der Waals surface area contributed by atoms with Gasteiger partial charge in [0.1, 0.15) is 6.61 Å². The Balaban J connectivity index is 1.58. The molecule has 0 atom stereocenters. The predicted molar refractivity (Wildman–Crippen MR) is 105 cm³/mol. The molecule has 2 aromatic heterocycles. The molecule has 0 saturated heterocycles. The topological polar surface area (TPSA) is 60.7 Å². The van der Waals surface area contributed by atoms with Crippen molar-refractivity contribution in [3.05, 3.63) is 93.2 Å². The highest BCUT2D eigenvalue weighted by Crippen LogP contribution is 2.23. The van der Waals surface area contributed by atoms with Crippen molar-refractivity contribution in [3.63, 3.8) is 0 Å². The Bertz CT molecular complexity index is 1160. The molecule has 0 aliphatic heterocycles. The van der Waals surface area contributed by atoms with Crippen LogP contribution in [0, 0.1) is 6.92 Å². The molecule has 2 heterocycles. The predicted octanol–water partition coefficient (Wildman–Crippen LogP) is 4.09. The first kappa shape index (κ1) is 17.2. The summed E-state index contributed by atoms with van der Waals surface area (Å²) < 4.78 is 6.88. The Kier molecular flexibility index (Phi) is 4.56. The molecule has 27 heavy (non-hydrogen) atoms. The number of benzene rings is 2. The summed E-state index contributed by atoms with van der Waals surface area (Å²) in [5.74, 6) is -0.437. The Morgan fingerprint density at radius 3 is 2.59 bits per heavy atom. The molecule has 0 saturated carbocycles. The zero-order valence-corrected chi connectivity index (χ0v) is 15.4. The minimum Gasteiger partial charge on any atom is -0.456 e. The number of rotatable bonds is 4. The lowest BCUT2D eigenvalue weighted by Gasteiger charge is -2.06. The SMILES string of the molecule is Cc1ccc(C(=O)OCc2cc(=O)n3c(-c4ccccc4)csc3n2)cc1. The van der Waals surface area contributed by atoms with Crippen molar-refractivity contribution in [2.75, 3.05) is 0 Å². The van der Waals surface area contributed by atoms with Crippen LogP contribution in [-0.2, 0) is 11.3 Å². The molecule has 0 amide bonds. The first-order chi connectivity index (χ1) is 13.1. The van der Waals surface area contributed by atoms with Crippen molar-refractivity contribution in [1.29, 1.82) is 0 Å². The molecular weight excluding hydrogens is 360 g/mol. The van der Waals surface area contributed by atoms with E-state index in [9.17, 15) is 9.59 Å². The molecule has 0 unspecified atom stereocenters. The third-order valence-corrected chi connectivity index (χ3v) is 4.99. The van der Waals surface area contributed by atoms with Crippen molar-refractivity contribution >= 4 is 22.3 Å². The molecule has 0 bridgehead atoms. The molecule has 4 rings (SSSR count). The van der Waals surface area contributed by atoms with Gasteiger partial charge >= 0.3 is 5.97 Å². The normalized spacial score (nSPS) is 10.9. The highest BCUT2D eigenvalue weighted by molar-refractivity contribution is 7.15. The summed E-state index contributed by atoms with van der Waals surface area (Å²) in [7, 11) is 0. The molecule has 0 aliphatic rings. The van der Waals surface area contributed by atoms with E-state index >= 15 is 0 Å². The number of nitrogens with zero attached hydrogens (tertiary/aromatic N) is 2. The quantitative estimate of drug-likeness (QED) is 0.504. The van der Waals surface area contributed by atoms with Crippen LogP contribution in [0.3, 0.4) is 0 Å². The van der Waals surface area contributed by atoms with Gasteiger partial charge in [0.25, 0.3) is 5.56 Å². The molecule has 4 aromatic rings. The van der Waals surface area contributed by atoms with E-state index in [-0.39, 0.29) is 12.2 Å². The Morgan fingerprint density at radius 1 is 1.11 bits per heavy atom. The standard InChI is InChI=1S/C21H16N2O3S/c1-14-7-9-16(10-8-14)20(25)26-12-17-11-19(24)23-18(13-27-21(23)22-17)15-5-3-2-4-6-15/h2-11,13H,12H2,1H3. The van der Waals surface area contributed by atoms with E-state index in [2.05, 4.69) is 4.98 Å². The van der Waals surface area contributed by atoms with Gasteiger partial charge in [-0.05, 0) is 24.6 Å². The molecule has 2 aromatic carbocycles. The van der Waals surface area contributed by atoms with Crippen LogP contribution >= 0.6 is 11.3 Å². The maximum Gasteiger partial charge on any atom is 0.338 e. The zero-order chi connectivity index (χ0) is 18.8. The second kappa shape index (κ2) is 7.17. The fourth-order valence-corrected chi connectivity index (χ4v) is 3.68. The largest absolute Gasteiger partial charge is 0.456 e. The molecule has 0 N–H and O–H groups in total. The summed E-state index contributed by atoms with van der Waals surface area (Å²) >= 11 is 1.38. The van der Waals surface area contributed by atoms with Crippen molar-refractivity contribution in [2.24, 2.45) is 0 Å². The molecule has 0 spiro atoms. The van der Waals surface area contributed by atoms with Gasteiger partial charge in [0, 0.05) is 11.4 Å². The van der Waals surface area contributed by atoms with Gasteiger partial charge in [-0.15, -0.1) is 11.3 Å². The lowest BCUT2D eigenvalue weighted by Crippen LogP contribution is -2.16. The summed E-state index contributed by atoms with van der Waals surface area (Å²) in [4.78, 5) is 29.8. The third-order valence-electron chi connectivity index (χ3n) is 4.17. The second-order valence-electron chi connectivity index (χ2n) is 6.13. The summed E-state index contributed by atoms with van der Waals surface area (Å²) in [6.45, 7) is 1.91. The average molecular weight is 376 g/mol. The number of fused-ring (bicyclic) bond motifs is 1. The lowest BCUT2D eigenvalue weighted by atomic mass is 10.1. The van der Waals surface area contributed by atoms with E-state index in [1.807, 2.05) is 54.8 Å². The maximum absolute atomic E-state index is 12.6. The maximum atomic E-state index is 12.6. The Labute approximate surface area is 159 Å². The van der Waals surface area contributed by atoms with E-state index in [0.29, 0.717) is 16.2 Å². The summed E-state index contributed by atoms with van der Waals surface area (Å²) in [5.41, 5.74) is 3.53. The Hall–Kier alpha value is -3.25. The molecule has 0 radical (unpaired) electrons. The molecular formula is C21H16N2O3S. The minimum absolute atomic E-state index is 0.0446. The number of esters is 1. The number of aromatic nitrogens is 2. The smallest absolute Gasteiger partial charge is 0.338 e. The summed E-state index contributed by atoms with van der Waals surface area (Å²) in [5, 5.41) is 1.90. The fraction of sp³-hybridized carbons (Fsp3) is 0.0952. The molecule has 134 valence electrons. The number of hydrogen-bond acceptors (Lipinski definition) is 5. The molecule has 6 heteroatoms. The van der Waals surface area contributed by atoms with E-state index in [1.54, 1.807) is 16.5 Å². The first-order valence-corrected chi connectivity index (χ1v) is 9.29. The van der Waals surface area contributed by atoms with Crippen LogP contribution in [0.1, 0.15) is 21.6 Å². The first-order valence-electron chi connectivity index (χ1n) is 8.41. The number of hydrogen-bond donors (Lipinski definition) is 0. The van der Waals surface area contributed by atoms with Crippen molar-refractivity contribution in [2.45, 2.75) is 13.5 Å². The van der Waals surface area contributed by atoms with Gasteiger partial charge in [0.15, 0.2) is 4.96 Å². The monoisotopic (exact) mass is 376 g/mol. The minimum atomic E-state index is -0.437. The summed E-state index contributed by atoms with van der Waals surface area (Å²) in [6, 6.07) is 18.2. The van der Waals surface area contributed by atoms with E-state index in [1.165, 1.54) is 17.4 Å². The van der Waals surface area contributed by atoms with Crippen molar-refractivity contribution in [3.8, 4) is 11.3 Å². The molecule has 0 fully saturated rings. The fourth-order valence-electron chi connectivity index (χ4n) is 2.76. The molecule has 0 aliphatic carbocycles. The number of thiazole rings is 1. The number of ether oxygens (including phenoxy) is 1. The number of carbonyl (C=O) groups is 1. The zero-order valence-electron chi connectivity index (χ0n) is 14.6. The van der Waals surface area contributed by atoms with E-state index < -0.39 is 5.97 Å². The van der Waals surface area contributed by atoms with Gasteiger partial charge in [-0.3, -0.25) is 9.20 Å². The van der Waals surface area contributed by atoms with Crippen LogP contribution in [0.25, 0.3) is 16.2 Å². The summed E-state index contributed by atoms with van der Waals surface area (Å²) in [6.07, 6.45) is 0.